The van der Waals surface area contributed by atoms with Crippen molar-refractivity contribution >= 4 is 114 Å². The molecule has 59 heavy (non-hydrogen) atoms. The van der Waals surface area contributed by atoms with E-state index in [-0.39, 0.29) is 0 Å². The highest BCUT2D eigenvalue weighted by molar-refractivity contribution is 7.26. The summed E-state index contributed by atoms with van der Waals surface area (Å²) in [4.78, 5) is 7.18. The fourth-order valence-electron chi connectivity index (χ4n) is 8.38. The second kappa shape index (κ2) is 15.0. The minimum absolute atomic E-state index is 1.12. The summed E-state index contributed by atoms with van der Waals surface area (Å²) in [5.74, 6) is 0. The summed E-state index contributed by atoms with van der Waals surface area (Å²) in [6, 6.07) is 80.9. The molecule has 11 rings (SSSR count). The molecule has 2 heterocycles. The summed E-state index contributed by atoms with van der Waals surface area (Å²) in [5.41, 5.74) is 10.2. The molecule has 0 unspecified atom stereocenters. The molecule has 9 aromatic carbocycles. The lowest BCUT2D eigenvalue weighted by atomic mass is 10.1. The van der Waals surface area contributed by atoms with Crippen molar-refractivity contribution in [2.24, 2.45) is 0 Å². The van der Waals surface area contributed by atoms with E-state index in [1.165, 1.54) is 40.3 Å². The molecule has 0 aliphatic rings. The highest BCUT2D eigenvalue weighted by Crippen LogP contribution is 2.51. The molecule has 0 saturated heterocycles. The Balaban J connectivity index is 1.09. The molecule has 3 nitrogen and oxygen atoms in total. The van der Waals surface area contributed by atoms with Crippen LogP contribution in [0.3, 0.4) is 0 Å². The first-order valence-electron chi connectivity index (χ1n) is 19.8. The maximum Gasteiger partial charge on any atom is 0.0641 e. The Morgan fingerprint density at radius 2 is 0.695 bits per heavy atom. The quantitative estimate of drug-likeness (QED) is 0.144. The zero-order valence-corrected chi connectivity index (χ0v) is 33.7. The topological polar surface area (TPSA) is 9.72 Å². The molecule has 0 N–H and O–H groups in total. The van der Waals surface area contributed by atoms with E-state index in [1.54, 1.807) is 0 Å². The molecule has 0 saturated carbocycles. The molecule has 280 valence electrons. The molecule has 0 spiro atoms. The lowest BCUT2D eigenvalue weighted by Gasteiger charge is -2.29. The van der Waals surface area contributed by atoms with Gasteiger partial charge in [0.25, 0.3) is 0 Å². The van der Waals surface area contributed by atoms with Crippen molar-refractivity contribution < 1.29 is 0 Å². The van der Waals surface area contributed by atoms with Gasteiger partial charge in [-0.15, -0.1) is 22.7 Å². The van der Waals surface area contributed by atoms with Crippen LogP contribution >= 0.6 is 22.7 Å². The smallest absolute Gasteiger partial charge is 0.0641 e. The number of benzene rings is 9. The first-order valence-corrected chi connectivity index (χ1v) is 21.5. The Labute approximate surface area is 351 Å². The molecule has 0 aliphatic carbocycles. The number of nitrogens with zero attached hydrogens (tertiary/aromatic N) is 3. The van der Waals surface area contributed by atoms with Crippen molar-refractivity contribution in [2.75, 3.05) is 14.7 Å². The predicted molar refractivity (Wildman–Crippen MR) is 256 cm³/mol. The van der Waals surface area contributed by atoms with Gasteiger partial charge in [-0.1, -0.05) is 115 Å². The number of hydrogen-bond acceptors (Lipinski definition) is 5. The molecule has 2 aromatic heterocycles. The fraction of sp³-hybridized carbons (Fsp3) is 0. The van der Waals surface area contributed by atoms with Crippen LogP contribution in [0.1, 0.15) is 0 Å². The molecule has 0 radical (unpaired) electrons. The van der Waals surface area contributed by atoms with Crippen LogP contribution in [0.5, 0.6) is 0 Å². The van der Waals surface area contributed by atoms with E-state index in [1.807, 2.05) is 22.7 Å². The predicted octanol–water partition coefficient (Wildman–Crippen LogP) is 16.8. The van der Waals surface area contributed by atoms with Gasteiger partial charge in [-0.2, -0.15) is 0 Å². The highest BCUT2D eigenvalue weighted by atomic mass is 32.1. The minimum atomic E-state index is 1.12. The normalized spacial score (nSPS) is 11.4. The second-order valence-corrected chi connectivity index (χ2v) is 16.7. The van der Waals surface area contributed by atoms with Gasteiger partial charge in [0.1, 0.15) is 0 Å². The van der Waals surface area contributed by atoms with Gasteiger partial charge in [0.2, 0.25) is 0 Å². The Hall–Kier alpha value is -7.18. The fourth-order valence-corrected chi connectivity index (χ4v) is 10.7. The van der Waals surface area contributed by atoms with Gasteiger partial charge < -0.3 is 14.7 Å². The number of rotatable bonds is 9. The van der Waals surface area contributed by atoms with E-state index in [9.17, 15) is 0 Å². The summed E-state index contributed by atoms with van der Waals surface area (Å²) in [6.45, 7) is 0. The maximum absolute atomic E-state index is 2.44. The highest BCUT2D eigenvalue weighted by Gasteiger charge is 2.24. The lowest BCUT2D eigenvalue weighted by Crippen LogP contribution is -2.12. The van der Waals surface area contributed by atoms with E-state index in [4.69, 9.17) is 0 Å². The van der Waals surface area contributed by atoms with Crippen LogP contribution in [0.2, 0.25) is 0 Å². The van der Waals surface area contributed by atoms with Gasteiger partial charge >= 0.3 is 0 Å². The van der Waals surface area contributed by atoms with E-state index in [2.05, 4.69) is 239 Å². The van der Waals surface area contributed by atoms with E-state index in [0.29, 0.717) is 0 Å². The van der Waals surface area contributed by atoms with Crippen LogP contribution in [-0.2, 0) is 0 Å². The molecule has 0 bridgehead atoms. The molecule has 0 aliphatic heterocycles. The lowest BCUT2D eigenvalue weighted by molar-refractivity contribution is 1.28. The Morgan fingerprint density at radius 3 is 1.27 bits per heavy atom. The summed E-state index contributed by atoms with van der Waals surface area (Å²) >= 11 is 3.72. The molecule has 0 fully saturated rings. The molecule has 0 atom stereocenters. The zero-order chi connectivity index (χ0) is 39.1. The van der Waals surface area contributed by atoms with Crippen molar-refractivity contribution in [2.45, 2.75) is 0 Å². The molecular formula is C54H37N3S2. The van der Waals surface area contributed by atoms with Crippen molar-refractivity contribution in [3.63, 3.8) is 0 Å². The average Bonchev–Trinajstić information content (AvgIpc) is 3.88. The van der Waals surface area contributed by atoms with Gasteiger partial charge in [-0.25, -0.2) is 0 Å². The van der Waals surface area contributed by atoms with Crippen molar-refractivity contribution in [3.05, 3.63) is 224 Å². The van der Waals surface area contributed by atoms with Gasteiger partial charge in [0.05, 0.1) is 16.1 Å². The number of thiophene rings is 2. The Kier molecular flexibility index (Phi) is 8.88. The molecule has 0 amide bonds. The number of hydrogen-bond donors (Lipinski definition) is 0. The SMILES string of the molecule is c1ccc(N(c2ccccc2)c2ccc3sc4cc(N(c5ccccc5)c5ccc(N(c6ccccc6)c6ccccc6)c6c5sc5ccccc56)ccc4c3c2)cc1. The van der Waals surface area contributed by atoms with E-state index < -0.39 is 0 Å². The summed E-state index contributed by atoms with van der Waals surface area (Å²) in [5, 5.41) is 5.02. The van der Waals surface area contributed by atoms with Crippen LogP contribution in [-0.4, -0.2) is 0 Å². The van der Waals surface area contributed by atoms with Crippen LogP contribution in [0.25, 0.3) is 40.3 Å². The largest absolute Gasteiger partial charge is 0.310 e. The van der Waals surface area contributed by atoms with Crippen LogP contribution in [0.4, 0.5) is 51.2 Å². The number of para-hydroxylation sites is 5. The standard InChI is InChI=1S/C54H37N3S2/c1-6-18-38(19-7-1)55(39-20-8-2-9-21-39)43-31-35-51-47(36-43)45-32-30-44(37-52(45)58-51)57(42-26-14-5-15-27-42)49-34-33-48(53-46-28-16-17-29-50(46)59-54(49)53)56(40-22-10-3-11-23-40)41-24-12-4-13-25-41/h1-37H. The van der Waals surface area contributed by atoms with E-state index >= 15 is 0 Å². The Bertz CT molecular complexity index is 3140. The summed E-state index contributed by atoms with van der Waals surface area (Å²) in [6.07, 6.45) is 0. The van der Waals surface area contributed by atoms with Crippen molar-refractivity contribution in [3.8, 4) is 0 Å². The third kappa shape index (κ3) is 6.29. The Morgan fingerprint density at radius 1 is 0.254 bits per heavy atom. The van der Waals surface area contributed by atoms with Gasteiger partial charge in [-0.05, 0) is 109 Å². The van der Waals surface area contributed by atoms with Crippen molar-refractivity contribution in [1.82, 2.24) is 0 Å². The molecule has 5 heteroatoms. The third-order valence-electron chi connectivity index (χ3n) is 11.0. The first-order chi connectivity index (χ1) is 29.3. The number of anilines is 9. The maximum atomic E-state index is 2.44. The summed E-state index contributed by atoms with van der Waals surface area (Å²) in [7, 11) is 0. The first kappa shape index (κ1) is 35.0. The van der Waals surface area contributed by atoms with Crippen LogP contribution in [0, 0.1) is 0 Å². The number of fused-ring (bicyclic) bond motifs is 6. The summed E-state index contributed by atoms with van der Waals surface area (Å²) < 4.78 is 5.03. The minimum Gasteiger partial charge on any atom is -0.310 e. The van der Waals surface area contributed by atoms with E-state index in [0.717, 1.165) is 51.2 Å². The molecular weight excluding hydrogens is 755 g/mol. The van der Waals surface area contributed by atoms with Gasteiger partial charge in [0, 0.05) is 75.5 Å². The third-order valence-corrected chi connectivity index (χ3v) is 13.3. The average molecular weight is 792 g/mol. The van der Waals surface area contributed by atoms with Crippen LogP contribution < -0.4 is 14.7 Å². The van der Waals surface area contributed by atoms with Crippen LogP contribution in [0.15, 0.2) is 224 Å². The second-order valence-electron chi connectivity index (χ2n) is 14.6. The van der Waals surface area contributed by atoms with Gasteiger partial charge in [0.15, 0.2) is 0 Å². The monoisotopic (exact) mass is 791 g/mol. The van der Waals surface area contributed by atoms with Gasteiger partial charge in [-0.3, -0.25) is 0 Å². The van der Waals surface area contributed by atoms with Crippen molar-refractivity contribution in [1.29, 1.82) is 0 Å². The molecule has 11 aromatic rings. The zero-order valence-electron chi connectivity index (χ0n) is 32.0.